The van der Waals surface area contributed by atoms with Crippen LogP contribution in [0.4, 0.5) is 4.79 Å². The molecule has 0 aliphatic carbocycles. The van der Waals surface area contributed by atoms with E-state index in [9.17, 15) is 14.4 Å². The third-order valence-electron chi connectivity index (χ3n) is 6.21. The number of benzene rings is 2. The number of terminal acetylenes is 1. The molecular weight excluding hydrogens is 478 g/mol. The van der Waals surface area contributed by atoms with Crippen LogP contribution in [0.25, 0.3) is 0 Å². The van der Waals surface area contributed by atoms with Gasteiger partial charge in [-0.2, -0.15) is 0 Å². The fourth-order valence-electron chi connectivity index (χ4n) is 4.23. The molecule has 0 aliphatic rings. The lowest BCUT2D eigenvalue weighted by Crippen LogP contribution is -2.53. The molecule has 38 heavy (non-hydrogen) atoms. The number of hydrogen-bond acceptors (Lipinski definition) is 4. The van der Waals surface area contributed by atoms with Gasteiger partial charge in [0.15, 0.2) is 0 Å². The number of hydrogen-bond donors (Lipinski definition) is 2. The molecule has 7 nitrogen and oxygen atoms in total. The highest BCUT2D eigenvalue weighted by molar-refractivity contribution is 5.93. The lowest BCUT2D eigenvalue weighted by molar-refractivity contribution is -0.138. The van der Waals surface area contributed by atoms with Crippen LogP contribution >= 0.6 is 0 Å². The molecular formula is C31H41N3O4. The zero-order valence-corrected chi connectivity index (χ0v) is 23.6. The van der Waals surface area contributed by atoms with E-state index < -0.39 is 29.7 Å². The number of nitrogens with one attached hydrogen (secondary N) is 2. The number of carbonyl (C=O) groups excluding carboxylic acids is 3. The summed E-state index contributed by atoms with van der Waals surface area (Å²) in [5, 5.41) is 5.71. The molecule has 0 aromatic heterocycles. The van der Waals surface area contributed by atoms with Crippen molar-refractivity contribution in [3.05, 3.63) is 70.8 Å². The Morgan fingerprint density at radius 2 is 1.68 bits per heavy atom. The molecule has 0 spiro atoms. The minimum atomic E-state index is -1.08. The van der Waals surface area contributed by atoms with Crippen molar-refractivity contribution in [2.75, 3.05) is 0 Å². The minimum Gasteiger partial charge on any atom is -0.444 e. The number of alkyl carbamates (subject to hydrolysis) is 1. The SMILES string of the molecule is C#CN(C(=O)C(Cc1ccccc1)NC(=O)OC(C)(C)C)C(C(=O)NC(C)CCC)c1cccc(C)c1C. The molecule has 3 amide bonds. The predicted octanol–water partition coefficient (Wildman–Crippen LogP) is 5.20. The molecule has 3 unspecified atom stereocenters. The summed E-state index contributed by atoms with van der Waals surface area (Å²) in [6.07, 6.45) is 7.03. The van der Waals surface area contributed by atoms with Crippen molar-refractivity contribution < 1.29 is 19.1 Å². The van der Waals surface area contributed by atoms with Crippen molar-refractivity contribution in [1.82, 2.24) is 15.5 Å². The Hall–Kier alpha value is -3.79. The molecule has 3 atom stereocenters. The van der Waals surface area contributed by atoms with Gasteiger partial charge < -0.3 is 15.4 Å². The van der Waals surface area contributed by atoms with Crippen LogP contribution in [0.5, 0.6) is 0 Å². The Balaban J connectivity index is 2.53. The Bertz CT molecular complexity index is 1150. The molecule has 2 aromatic rings. The van der Waals surface area contributed by atoms with Crippen LogP contribution in [0.2, 0.25) is 0 Å². The van der Waals surface area contributed by atoms with Crippen LogP contribution in [0.1, 0.15) is 75.8 Å². The highest BCUT2D eigenvalue weighted by Crippen LogP contribution is 2.27. The summed E-state index contributed by atoms with van der Waals surface area (Å²) >= 11 is 0. The number of amides is 3. The van der Waals surface area contributed by atoms with Gasteiger partial charge in [0.1, 0.15) is 17.7 Å². The fraction of sp³-hybridized carbons (Fsp3) is 0.452. The lowest BCUT2D eigenvalue weighted by atomic mass is 9.94. The van der Waals surface area contributed by atoms with Crippen LogP contribution in [0.3, 0.4) is 0 Å². The van der Waals surface area contributed by atoms with E-state index in [1.165, 1.54) is 0 Å². The third kappa shape index (κ3) is 8.65. The number of rotatable bonds is 10. The number of ether oxygens (including phenoxy) is 1. The van der Waals surface area contributed by atoms with Gasteiger partial charge in [-0.1, -0.05) is 68.3 Å². The number of carbonyl (C=O) groups is 3. The summed E-state index contributed by atoms with van der Waals surface area (Å²) in [7, 11) is 0. The predicted molar refractivity (Wildman–Crippen MR) is 150 cm³/mol. The van der Waals surface area contributed by atoms with Crippen molar-refractivity contribution in [1.29, 1.82) is 0 Å². The molecule has 2 N–H and O–H groups in total. The molecule has 204 valence electrons. The van der Waals surface area contributed by atoms with Gasteiger partial charge >= 0.3 is 6.09 Å². The maximum Gasteiger partial charge on any atom is 0.408 e. The maximum absolute atomic E-state index is 14.0. The molecule has 2 rings (SSSR count). The summed E-state index contributed by atoms with van der Waals surface area (Å²) in [4.78, 5) is 41.5. The van der Waals surface area contributed by atoms with Gasteiger partial charge in [-0.25, -0.2) is 4.79 Å². The van der Waals surface area contributed by atoms with Gasteiger partial charge in [-0.3, -0.25) is 14.5 Å². The van der Waals surface area contributed by atoms with Crippen LogP contribution in [0.15, 0.2) is 48.5 Å². The van der Waals surface area contributed by atoms with Crippen molar-refractivity contribution in [2.45, 2.75) is 91.5 Å². The van der Waals surface area contributed by atoms with Gasteiger partial charge in [0, 0.05) is 18.5 Å². The zero-order chi connectivity index (χ0) is 28.5. The minimum absolute atomic E-state index is 0.102. The van der Waals surface area contributed by atoms with Crippen molar-refractivity contribution >= 4 is 17.9 Å². The lowest BCUT2D eigenvalue weighted by Gasteiger charge is -2.32. The van der Waals surface area contributed by atoms with Crippen molar-refractivity contribution in [3.63, 3.8) is 0 Å². The molecule has 0 heterocycles. The average Bonchev–Trinajstić information content (AvgIpc) is 2.83. The molecule has 0 aliphatic heterocycles. The average molecular weight is 520 g/mol. The highest BCUT2D eigenvalue weighted by atomic mass is 16.6. The van der Waals surface area contributed by atoms with E-state index in [-0.39, 0.29) is 18.4 Å². The molecule has 2 aromatic carbocycles. The maximum atomic E-state index is 14.0. The van der Waals surface area contributed by atoms with Crippen molar-refractivity contribution in [2.24, 2.45) is 0 Å². The molecule has 7 heteroatoms. The zero-order valence-electron chi connectivity index (χ0n) is 23.6. The van der Waals surface area contributed by atoms with Gasteiger partial charge in [-0.05, 0) is 70.2 Å². The standard InChI is InChI=1S/C31H41N3O4/c1-9-15-22(4)32-28(35)27(25-19-14-16-21(3)23(25)5)34(10-2)29(36)26(20-24-17-12-11-13-18-24)33-30(37)38-31(6,7)8/h2,11-14,16-19,22,26-27H,9,15,20H2,1,3-8H3,(H,32,35)(H,33,37). The summed E-state index contributed by atoms with van der Waals surface area (Å²) in [6.45, 7) is 13.0. The largest absolute Gasteiger partial charge is 0.444 e. The van der Waals surface area contributed by atoms with Gasteiger partial charge in [-0.15, -0.1) is 0 Å². The van der Waals surface area contributed by atoms with Gasteiger partial charge in [0.25, 0.3) is 5.91 Å². The summed E-state index contributed by atoms with van der Waals surface area (Å²) in [5.41, 5.74) is 2.53. The van der Waals surface area contributed by atoms with Crippen LogP contribution in [-0.2, 0) is 20.7 Å². The Labute approximate surface area is 227 Å². The Kier molecular flexibility index (Phi) is 10.9. The molecule has 0 saturated heterocycles. The first-order valence-corrected chi connectivity index (χ1v) is 13.1. The number of aryl methyl sites for hydroxylation is 1. The second kappa shape index (κ2) is 13.7. The van der Waals surface area contributed by atoms with Gasteiger partial charge in [0.2, 0.25) is 5.91 Å². The van der Waals surface area contributed by atoms with E-state index in [0.29, 0.717) is 5.56 Å². The van der Waals surface area contributed by atoms with E-state index in [1.807, 2.05) is 76.2 Å². The second-order valence-corrected chi connectivity index (χ2v) is 10.6. The van der Waals surface area contributed by atoms with Crippen LogP contribution < -0.4 is 10.6 Å². The Morgan fingerprint density at radius 1 is 1.03 bits per heavy atom. The first kappa shape index (κ1) is 30.4. The van der Waals surface area contributed by atoms with E-state index >= 15 is 0 Å². The molecule has 0 saturated carbocycles. The monoisotopic (exact) mass is 519 g/mol. The molecule has 0 radical (unpaired) electrons. The third-order valence-corrected chi connectivity index (χ3v) is 6.21. The topological polar surface area (TPSA) is 87.7 Å². The van der Waals surface area contributed by atoms with Crippen LogP contribution in [0, 0.1) is 26.3 Å². The second-order valence-electron chi connectivity index (χ2n) is 10.6. The molecule has 0 bridgehead atoms. The summed E-state index contributed by atoms with van der Waals surface area (Å²) < 4.78 is 5.42. The first-order valence-electron chi connectivity index (χ1n) is 13.1. The van der Waals surface area contributed by atoms with Gasteiger partial charge in [0.05, 0.1) is 0 Å². The van der Waals surface area contributed by atoms with E-state index in [4.69, 9.17) is 11.2 Å². The summed E-state index contributed by atoms with van der Waals surface area (Å²) in [5.74, 6) is -0.951. The fourth-order valence-corrected chi connectivity index (χ4v) is 4.23. The van der Waals surface area contributed by atoms with E-state index in [0.717, 1.165) is 34.4 Å². The van der Waals surface area contributed by atoms with E-state index in [2.05, 4.69) is 16.7 Å². The first-order chi connectivity index (χ1) is 17.9. The number of nitrogens with zero attached hydrogens (tertiary/aromatic N) is 1. The van der Waals surface area contributed by atoms with Crippen molar-refractivity contribution in [3.8, 4) is 12.5 Å². The van der Waals surface area contributed by atoms with Crippen LogP contribution in [-0.4, -0.2) is 40.5 Å². The highest BCUT2D eigenvalue weighted by Gasteiger charge is 2.37. The Morgan fingerprint density at radius 3 is 2.26 bits per heavy atom. The smallest absolute Gasteiger partial charge is 0.408 e. The normalized spacial score (nSPS) is 13.4. The summed E-state index contributed by atoms with van der Waals surface area (Å²) in [6, 6.07) is 15.1. The quantitative estimate of drug-likeness (QED) is 0.333. The molecule has 0 fully saturated rings. The van der Waals surface area contributed by atoms with E-state index in [1.54, 1.807) is 20.8 Å².